The third-order valence-electron chi connectivity index (χ3n) is 8.20. The maximum Gasteiger partial charge on any atom is 0.147 e. The van der Waals surface area contributed by atoms with Gasteiger partial charge < -0.3 is 24.1 Å². The molecule has 2 aliphatic rings. The van der Waals surface area contributed by atoms with Crippen LogP contribution in [0.15, 0.2) is 60.7 Å². The smallest absolute Gasteiger partial charge is 0.147 e. The first-order valence-electron chi connectivity index (χ1n) is 11.5. The lowest BCUT2D eigenvalue weighted by Gasteiger charge is -2.55. The van der Waals surface area contributed by atoms with Gasteiger partial charge in [-0.2, -0.15) is 0 Å². The number of ether oxygens (including phenoxy) is 4. The summed E-state index contributed by atoms with van der Waals surface area (Å²) >= 11 is 0. The summed E-state index contributed by atoms with van der Waals surface area (Å²) in [5, 5.41) is 10.6. The lowest BCUT2D eigenvalue weighted by molar-refractivity contribution is -0.238. The van der Waals surface area contributed by atoms with Gasteiger partial charge in [-0.1, -0.05) is 74.5 Å². The summed E-state index contributed by atoms with van der Waals surface area (Å²) in [7, 11) is 1.65. The topological polar surface area (TPSA) is 57.2 Å². The molecule has 4 rings (SSSR count). The number of aliphatic hydroxyl groups is 1. The Morgan fingerprint density at radius 2 is 1.53 bits per heavy atom. The normalized spacial score (nSPS) is 33.6. The molecule has 0 aliphatic heterocycles. The van der Waals surface area contributed by atoms with Crippen LogP contribution < -0.4 is 0 Å². The highest BCUT2D eigenvalue weighted by atomic mass is 16.7. The summed E-state index contributed by atoms with van der Waals surface area (Å²) in [4.78, 5) is 0. The summed E-state index contributed by atoms with van der Waals surface area (Å²) in [6.07, 6.45) is 1.62. The van der Waals surface area contributed by atoms with E-state index in [1.54, 1.807) is 7.11 Å². The first-order chi connectivity index (χ1) is 15.5. The minimum absolute atomic E-state index is 0.0198. The summed E-state index contributed by atoms with van der Waals surface area (Å²) < 4.78 is 24.4. The van der Waals surface area contributed by atoms with Gasteiger partial charge in [0.2, 0.25) is 0 Å². The van der Waals surface area contributed by atoms with E-state index in [9.17, 15) is 5.11 Å². The van der Waals surface area contributed by atoms with E-state index in [0.717, 1.165) is 24.0 Å². The molecule has 0 heterocycles. The van der Waals surface area contributed by atoms with E-state index in [1.165, 1.54) is 0 Å². The molecule has 2 aliphatic carbocycles. The lowest BCUT2D eigenvalue weighted by Crippen LogP contribution is -2.60. The molecular formula is C27H36O5. The van der Waals surface area contributed by atoms with Crippen molar-refractivity contribution in [3.8, 4) is 0 Å². The number of fused-ring (bicyclic) bond motifs is 2. The van der Waals surface area contributed by atoms with Crippen molar-refractivity contribution < 1.29 is 24.1 Å². The second-order valence-corrected chi connectivity index (χ2v) is 9.78. The molecule has 0 aromatic heterocycles. The lowest BCUT2D eigenvalue weighted by atomic mass is 9.56. The highest BCUT2D eigenvalue weighted by Gasteiger charge is 2.74. The van der Waals surface area contributed by atoms with Crippen LogP contribution in [0.2, 0.25) is 0 Å². The molecule has 0 radical (unpaired) electrons. The van der Waals surface area contributed by atoms with Crippen molar-refractivity contribution in [2.45, 2.75) is 51.6 Å². The average Bonchev–Trinajstić information content (AvgIpc) is 3.30. The molecule has 0 unspecified atom stereocenters. The minimum atomic E-state index is -0.469. The molecule has 0 amide bonds. The van der Waals surface area contributed by atoms with E-state index in [-0.39, 0.29) is 30.8 Å². The van der Waals surface area contributed by atoms with Crippen molar-refractivity contribution in [2.24, 2.45) is 16.7 Å². The Hall–Kier alpha value is -1.76. The third-order valence-corrected chi connectivity index (χ3v) is 8.20. The van der Waals surface area contributed by atoms with Crippen molar-refractivity contribution >= 4 is 0 Å². The minimum Gasteiger partial charge on any atom is -0.396 e. The molecule has 2 saturated carbocycles. The van der Waals surface area contributed by atoms with E-state index in [1.807, 2.05) is 36.4 Å². The zero-order valence-corrected chi connectivity index (χ0v) is 19.5. The second-order valence-electron chi connectivity index (χ2n) is 9.78. The molecule has 5 heteroatoms. The van der Waals surface area contributed by atoms with Crippen LogP contribution in [0.1, 0.15) is 37.8 Å². The Morgan fingerprint density at radius 3 is 2.12 bits per heavy atom. The molecule has 5 nitrogen and oxygen atoms in total. The Balaban J connectivity index is 1.53. The van der Waals surface area contributed by atoms with Crippen LogP contribution in [0.3, 0.4) is 0 Å². The van der Waals surface area contributed by atoms with Gasteiger partial charge >= 0.3 is 0 Å². The summed E-state index contributed by atoms with van der Waals surface area (Å²) in [5.74, 6) is 0.179. The molecule has 0 saturated heterocycles. The van der Waals surface area contributed by atoms with E-state index in [4.69, 9.17) is 18.9 Å². The average molecular weight is 441 g/mol. The van der Waals surface area contributed by atoms with Gasteiger partial charge in [0, 0.05) is 31.0 Å². The fourth-order valence-corrected chi connectivity index (χ4v) is 5.99. The molecule has 2 aromatic carbocycles. The first kappa shape index (κ1) is 23.4. The van der Waals surface area contributed by atoms with Crippen molar-refractivity contribution in [1.82, 2.24) is 0 Å². The number of rotatable bonds is 11. The van der Waals surface area contributed by atoms with Crippen LogP contribution in [0.4, 0.5) is 0 Å². The van der Waals surface area contributed by atoms with Gasteiger partial charge in [-0.3, -0.25) is 0 Å². The SMILES string of the molecule is COCO[C@@]12C[C@H](OCc3ccccc3)[C@@H](C1)[C@@](C)(CO)[C@]2(C)COCc1ccccc1. The number of hydrogen-bond donors (Lipinski definition) is 1. The van der Waals surface area contributed by atoms with Gasteiger partial charge in [0.05, 0.1) is 31.5 Å². The van der Waals surface area contributed by atoms with Gasteiger partial charge in [-0.15, -0.1) is 0 Å². The number of methoxy groups -OCH3 is 1. The maximum absolute atomic E-state index is 10.6. The molecule has 174 valence electrons. The Kier molecular flexibility index (Phi) is 7.03. The van der Waals surface area contributed by atoms with Gasteiger partial charge in [0.15, 0.2) is 0 Å². The Morgan fingerprint density at radius 1 is 0.906 bits per heavy atom. The predicted octanol–water partition coefficient (Wildman–Crippen LogP) is 4.58. The second kappa shape index (κ2) is 9.62. The van der Waals surface area contributed by atoms with E-state index >= 15 is 0 Å². The molecule has 1 N–H and O–H groups in total. The zero-order valence-electron chi connectivity index (χ0n) is 19.5. The standard InChI is InChI=1S/C27H36O5/c1-25(18-28)23-14-27(32-20-29-3,15-24(23)31-17-22-12-8-5-9-13-22)26(25,2)19-30-16-21-10-6-4-7-11-21/h4-13,23-24,28H,14-20H2,1-3H3/t23-,24+,25-,26+,27-/m1/s1. The van der Waals surface area contributed by atoms with E-state index < -0.39 is 11.0 Å². The molecule has 2 aromatic rings. The van der Waals surface area contributed by atoms with E-state index in [2.05, 4.69) is 38.1 Å². The molecule has 2 bridgehead atoms. The van der Waals surface area contributed by atoms with Crippen molar-refractivity contribution in [2.75, 3.05) is 27.1 Å². The first-order valence-corrected chi connectivity index (χ1v) is 11.5. The highest BCUT2D eigenvalue weighted by Crippen LogP contribution is 2.70. The maximum atomic E-state index is 10.6. The molecule has 0 spiro atoms. The van der Waals surface area contributed by atoms with Crippen LogP contribution in [0, 0.1) is 16.7 Å². The third kappa shape index (κ3) is 4.02. The van der Waals surface area contributed by atoms with E-state index in [0.29, 0.717) is 19.8 Å². The van der Waals surface area contributed by atoms with Crippen molar-refractivity contribution in [3.05, 3.63) is 71.8 Å². The van der Waals surface area contributed by atoms with Gasteiger partial charge in [0.1, 0.15) is 6.79 Å². The summed E-state index contributed by atoms with van der Waals surface area (Å²) in [6.45, 7) is 6.25. The fourth-order valence-electron chi connectivity index (χ4n) is 5.99. The molecular weight excluding hydrogens is 404 g/mol. The largest absolute Gasteiger partial charge is 0.396 e. The summed E-state index contributed by atoms with van der Waals surface area (Å²) in [6, 6.07) is 20.4. The summed E-state index contributed by atoms with van der Waals surface area (Å²) in [5.41, 5.74) is 1.06. The van der Waals surface area contributed by atoms with Gasteiger partial charge in [0.25, 0.3) is 0 Å². The zero-order chi connectivity index (χ0) is 22.7. The van der Waals surface area contributed by atoms with Crippen molar-refractivity contribution in [3.63, 3.8) is 0 Å². The van der Waals surface area contributed by atoms with Crippen LogP contribution in [0.25, 0.3) is 0 Å². The highest BCUT2D eigenvalue weighted by molar-refractivity contribution is 5.23. The molecule has 2 fully saturated rings. The number of hydrogen-bond acceptors (Lipinski definition) is 5. The predicted molar refractivity (Wildman–Crippen MR) is 123 cm³/mol. The molecule has 5 atom stereocenters. The van der Waals surface area contributed by atoms with Crippen LogP contribution in [-0.4, -0.2) is 43.9 Å². The van der Waals surface area contributed by atoms with Gasteiger partial charge in [-0.05, 0) is 23.5 Å². The Labute approximate surface area is 191 Å². The van der Waals surface area contributed by atoms with Crippen molar-refractivity contribution in [1.29, 1.82) is 0 Å². The number of benzene rings is 2. The monoisotopic (exact) mass is 440 g/mol. The fraction of sp³-hybridized carbons (Fsp3) is 0.556. The number of aliphatic hydroxyl groups excluding tert-OH is 1. The van der Waals surface area contributed by atoms with Gasteiger partial charge in [-0.25, -0.2) is 0 Å². The van der Waals surface area contributed by atoms with Crippen LogP contribution in [0.5, 0.6) is 0 Å². The quantitative estimate of drug-likeness (QED) is 0.519. The Bertz CT molecular complexity index is 859. The molecule has 32 heavy (non-hydrogen) atoms. The van der Waals surface area contributed by atoms with Crippen LogP contribution >= 0.6 is 0 Å². The van der Waals surface area contributed by atoms with Crippen LogP contribution in [-0.2, 0) is 32.2 Å².